The van der Waals surface area contributed by atoms with Crippen molar-refractivity contribution in [3.63, 3.8) is 0 Å². The summed E-state index contributed by atoms with van der Waals surface area (Å²) in [5.41, 5.74) is 0.533. The Balaban J connectivity index is 1.98. The van der Waals surface area contributed by atoms with E-state index in [0.29, 0.717) is 11.3 Å². The Morgan fingerprint density at radius 2 is 1.96 bits per heavy atom. The largest absolute Gasteiger partial charge is 0.503 e. The first-order chi connectivity index (χ1) is 11.3. The van der Waals surface area contributed by atoms with Crippen molar-refractivity contribution in [3.8, 4) is 5.75 Å². The van der Waals surface area contributed by atoms with Gasteiger partial charge in [0.1, 0.15) is 11.3 Å². The first-order valence-corrected chi connectivity index (χ1v) is 7.10. The van der Waals surface area contributed by atoms with Crippen LogP contribution in [-0.4, -0.2) is 15.6 Å². The summed E-state index contributed by atoms with van der Waals surface area (Å²) in [5, 5.41) is 12.8. The summed E-state index contributed by atoms with van der Waals surface area (Å²) in [6.07, 6.45) is 1.17. The van der Waals surface area contributed by atoms with Crippen molar-refractivity contribution in [3.05, 3.63) is 68.4 Å². The third-order valence-corrected chi connectivity index (χ3v) is 3.66. The molecule has 1 aromatic carbocycles. The molecule has 0 saturated carbocycles. The van der Waals surface area contributed by atoms with Crippen LogP contribution in [0.15, 0.2) is 50.5 Å². The SMILES string of the molecule is Cc1cc(=O)oc2cc(NC(=O)c3cc(=O)c(O)cn3C)ccc12. The maximum Gasteiger partial charge on any atom is 0.336 e. The molecule has 0 atom stereocenters. The quantitative estimate of drug-likeness (QED) is 0.699. The second-order valence-corrected chi connectivity index (χ2v) is 5.43. The Kier molecular flexibility index (Phi) is 3.69. The molecule has 0 aliphatic heterocycles. The molecule has 1 amide bonds. The Bertz CT molecular complexity index is 1080. The molecule has 0 fully saturated rings. The van der Waals surface area contributed by atoms with Gasteiger partial charge in [0.25, 0.3) is 5.91 Å². The Morgan fingerprint density at radius 3 is 2.71 bits per heavy atom. The van der Waals surface area contributed by atoms with E-state index in [-0.39, 0.29) is 5.69 Å². The highest BCUT2D eigenvalue weighted by atomic mass is 16.4. The van der Waals surface area contributed by atoms with Gasteiger partial charge in [-0.2, -0.15) is 0 Å². The van der Waals surface area contributed by atoms with Crippen LogP contribution in [0.2, 0.25) is 0 Å². The summed E-state index contributed by atoms with van der Waals surface area (Å²) in [6, 6.07) is 7.40. The first kappa shape index (κ1) is 15.5. The first-order valence-electron chi connectivity index (χ1n) is 7.10. The van der Waals surface area contributed by atoms with Gasteiger partial charge in [-0.25, -0.2) is 4.79 Å². The molecule has 3 aromatic rings. The number of nitrogens with zero attached hydrogens (tertiary/aromatic N) is 1. The van der Waals surface area contributed by atoms with E-state index in [1.54, 1.807) is 25.1 Å². The number of aromatic hydroxyl groups is 1. The smallest absolute Gasteiger partial charge is 0.336 e. The summed E-state index contributed by atoms with van der Waals surface area (Å²) in [5.74, 6) is -0.957. The molecule has 3 rings (SSSR count). The van der Waals surface area contributed by atoms with Gasteiger partial charge < -0.3 is 19.4 Å². The van der Waals surface area contributed by atoms with Crippen LogP contribution in [0.5, 0.6) is 5.75 Å². The van der Waals surface area contributed by atoms with Crippen molar-refractivity contribution in [1.29, 1.82) is 0 Å². The molecule has 122 valence electrons. The highest BCUT2D eigenvalue weighted by Gasteiger charge is 2.13. The second-order valence-electron chi connectivity index (χ2n) is 5.43. The van der Waals surface area contributed by atoms with Gasteiger partial charge >= 0.3 is 5.63 Å². The fourth-order valence-corrected chi connectivity index (χ4v) is 2.44. The lowest BCUT2D eigenvalue weighted by Gasteiger charge is -2.10. The zero-order valence-electron chi connectivity index (χ0n) is 13.0. The van der Waals surface area contributed by atoms with E-state index < -0.39 is 22.7 Å². The van der Waals surface area contributed by atoms with Crippen LogP contribution in [0.4, 0.5) is 5.69 Å². The molecule has 2 N–H and O–H groups in total. The zero-order chi connectivity index (χ0) is 17.4. The molecule has 2 aromatic heterocycles. The van der Waals surface area contributed by atoms with Gasteiger partial charge in [-0.1, -0.05) is 0 Å². The number of hydrogen-bond acceptors (Lipinski definition) is 5. The standard InChI is InChI=1S/C17H14N2O5/c1-9-5-16(22)24-15-6-10(3-4-11(9)15)18-17(23)12-7-13(20)14(21)8-19(12)2/h3-8,21H,1-2H3,(H,18,23). The number of pyridine rings is 1. The molecule has 0 aliphatic carbocycles. The van der Waals surface area contributed by atoms with Crippen LogP contribution >= 0.6 is 0 Å². The van der Waals surface area contributed by atoms with Gasteiger partial charge in [0.2, 0.25) is 5.43 Å². The van der Waals surface area contributed by atoms with Crippen molar-refractivity contribution in [2.24, 2.45) is 7.05 Å². The van der Waals surface area contributed by atoms with Crippen molar-refractivity contribution in [2.75, 3.05) is 5.32 Å². The number of fused-ring (bicyclic) bond motifs is 1. The summed E-state index contributed by atoms with van der Waals surface area (Å²) < 4.78 is 6.48. The van der Waals surface area contributed by atoms with Gasteiger partial charge in [-0.15, -0.1) is 0 Å². The average Bonchev–Trinajstić information content (AvgIpc) is 2.50. The topological polar surface area (TPSA) is 102 Å². The summed E-state index contributed by atoms with van der Waals surface area (Å²) >= 11 is 0. The minimum atomic E-state index is -0.640. The fourth-order valence-electron chi connectivity index (χ4n) is 2.44. The normalized spacial score (nSPS) is 10.8. The molecule has 7 nitrogen and oxygen atoms in total. The van der Waals surface area contributed by atoms with Gasteiger partial charge in [0, 0.05) is 36.3 Å². The van der Waals surface area contributed by atoms with Gasteiger partial charge in [0.15, 0.2) is 5.75 Å². The highest BCUT2D eigenvalue weighted by Crippen LogP contribution is 2.21. The fraction of sp³-hybridized carbons (Fsp3) is 0.118. The summed E-state index contributed by atoms with van der Waals surface area (Å²) in [4.78, 5) is 35.3. The molecule has 0 unspecified atom stereocenters. The van der Waals surface area contributed by atoms with E-state index >= 15 is 0 Å². The number of nitrogens with one attached hydrogen (secondary N) is 1. The average molecular weight is 326 g/mol. The van der Waals surface area contributed by atoms with E-state index in [0.717, 1.165) is 17.0 Å². The minimum Gasteiger partial charge on any atom is -0.503 e. The van der Waals surface area contributed by atoms with E-state index in [1.807, 2.05) is 0 Å². The lowest BCUT2D eigenvalue weighted by atomic mass is 10.1. The van der Waals surface area contributed by atoms with Gasteiger partial charge in [-0.05, 0) is 24.6 Å². The monoisotopic (exact) mass is 326 g/mol. The molecule has 24 heavy (non-hydrogen) atoms. The number of aromatic nitrogens is 1. The Hall–Kier alpha value is -3.35. The zero-order valence-corrected chi connectivity index (χ0v) is 13.0. The second kappa shape index (κ2) is 5.69. The number of benzene rings is 1. The maximum atomic E-state index is 12.3. The Labute approximate surface area is 135 Å². The molecular weight excluding hydrogens is 312 g/mol. The number of amides is 1. The molecule has 0 radical (unpaired) electrons. The van der Waals surface area contributed by atoms with E-state index in [1.165, 1.54) is 23.9 Å². The van der Waals surface area contributed by atoms with Crippen LogP contribution in [0.3, 0.4) is 0 Å². The molecular formula is C17H14N2O5. The van der Waals surface area contributed by atoms with E-state index in [9.17, 15) is 19.5 Å². The molecule has 0 aliphatic rings. The summed E-state index contributed by atoms with van der Waals surface area (Å²) in [6.45, 7) is 1.80. The third-order valence-electron chi connectivity index (χ3n) is 3.66. The van der Waals surface area contributed by atoms with Gasteiger partial charge in [-0.3, -0.25) is 9.59 Å². The van der Waals surface area contributed by atoms with Crippen LogP contribution in [0.25, 0.3) is 11.0 Å². The van der Waals surface area contributed by atoms with Gasteiger partial charge in [0.05, 0.1) is 6.20 Å². The van der Waals surface area contributed by atoms with Crippen LogP contribution < -0.4 is 16.4 Å². The number of hydrogen-bond donors (Lipinski definition) is 2. The van der Waals surface area contributed by atoms with Crippen LogP contribution in [0.1, 0.15) is 16.1 Å². The van der Waals surface area contributed by atoms with Crippen LogP contribution in [0, 0.1) is 6.92 Å². The molecule has 2 heterocycles. The predicted octanol–water partition coefficient (Wildman–Crippen LogP) is 1.76. The molecule has 0 spiro atoms. The lowest BCUT2D eigenvalue weighted by molar-refractivity contribution is 0.101. The lowest BCUT2D eigenvalue weighted by Crippen LogP contribution is -2.20. The van der Waals surface area contributed by atoms with Crippen LogP contribution in [-0.2, 0) is 7.05 Å². The molecule has 0 bridgehead atoms. The number of anilines is 1. The maximum absolute atomic E-state index is 12.3. The summed E-state index contributed by atoms with van der Waals surface area (Å²) in [7, 11) is 1.54. The highest BCUT2D eigenvalue weighted by molar-refractivity contribution is 6.04. The molecule has 7 heteroatoms. The number of carbonyl (C=O) groups is 1. The van der Waals surface area contributed by atoms with Crippen molar-refractivity contribution in [1.82, 2.24) is 4.57 Å². The predicted molar refractivity (Wildman–Crippen MR) is 88.5 cm³/mol. The number of carbonyl (C=O) groups excluding carboxylic acids is 1. The van der Waals surface area contributed by atoms with Crippen molar-refractivity contribution in [2.45, 2.75) is 6.92 Å². The van der Waals surface area contributed by atoms with Crippen molar-refractivity contribution >= 4 is 22.6 Å². The molecule has 0 saturated heterocycles. The minimum absolute atomic E-state index is 0.0867. The third kappa shape index (κ3) is 2.79. The number of aryl methyl sites for hydroxylation is 2. The number of rotatable bonds is 2. The van der Waals surface area contributed by atoms with E-state index in [4.69, 9.17) is 4.42 Å². The van der Waals surface area contributed by atoms with E-state index in [2.05, 4.69) is 5.32 Å². The Morgan fingerprint density at radius 1 is 1.21 bits per heavy atom. The van der Waals surface area contributed by atoms with Crippen molar-refractivity contribution < 1.29 is 14.3 Å².